The van der Waals surface area contributed by atoms with E-state index >= 15 is 0 Å². The number of ether oxygens (including phenoxy) is 1. The van der Waals surface area contributed by atoms with E-state index in [2.05, 4.69) is 5.32 Å². The van der Waals surface area contributed by atoms with Crippen LogP contribution in [-0.4, -0.2) is 19.6 Å². The predicted molar refractivity (Wildman–Crippen MR) is 57.9 cm³/mol. The quantitative estimate of drug-likeness (QED) is 0.838. The van der Waals surface area contributed by atoms with Gasteiger partial charge in [0.2, 0.25) is 0 Å². The number of piperidine rings is 1. The maximum absolute atomic E-state index is 13.2. The maximum atomic E-state index is 13.2. The van der Waals surface area contributed by atoms with Crippen LogP contribution >= 0.6 is 0 Å². The number of hydrogen-bond donors (Lipinski definition) is 1. The molecule has 1 aromatic rings. The molecule has 1 saturated heterocycles. The van der Waals surface area contributed by atoms with Crippen LogP contribution in [-0.2, 0) is 0 Å². The van der Waals surface area contributed by atoms with Crippen molar-refractivity contribution < 1.29 is 13.5 Å². The topological polar surface area (TPSA) is 21.3 Å². The summed E-state index contributed by atoms with van der Waals surface area (Å²) in [5.41, 5.74) is 0.889. The lowest BCUT2D eigenvalue weighted by Gasteiger charge is -2.30. The van der Waals surface area contributed by atoms with Crippen molar-refractivity contribution >= 4 is 0 Å². The van der Waals surface area contributed by atoms with Crippen LogP contribution in [0.5, 0.6) is 5.75 Å². The Labute approximate surface area is 93.6 Å². The summed E-state index contributed by atoms with van der Waals surface area (Å²) in [7, 11) is 1.59. The molecule has 1 aliphatic heterocycles. The van der Waals surface area contributed by atoms with E-state index in [0.717, 1.165) is 11.3 Å². The maximum Gasteiger partial charge on any atom is 0.251 e. The van der Waals surface area contributed by atoms with Crippen molar-refractivity contribution in [3.05, 3.63) is 29.8 Å². The van der Waals surface area contributed by atoms with Crippen molar-refractivity contribution in [1.82, 2.24) is 5.32 Å². The highest BCUT2D eigenvalue weighted by Gasteiger charge is 2.36. The van der Waals surface area contributed by atoms with Crippen LogP contribution in [0.2, 0.25) is 0 Å². The van der Waals surface area contributed by atoms with Crippen LogP contribution in [0.25, 0.3) is 0 Å². The molecule has 1 aromatic carbocycles. The largest absolute Gasteiger partial charge is 0.497 e. The Morgan fingerprint density at radius 3 is 2.56 bits per heavy atom. The van der Waals surface area contributed by atoms with Gasteiger partial charge in [0.1, 0.15) is 5.75 Å². The van der Waals surface area contributed by atoms with Gasteiger partial charge in [0, 0.05) is 25.4 Å². The Morgan fingerprint density at radius 1 is 1.31 bits per heavy atom. The minimum atomic E-state index is -2.55. The highest BCUT2D eigenvalue weighted by Crippen LogP contribution is 2.34. The first-order chi connectivity index (χ1) is 7.61. The summed E-state index contributed by atoms with van der Waals surface area (Å²) in [5.74, 6) is -1.80. The molecule has 1 fully saturated rings. The van der Waals surface area contributed by atoms with E-state index in [9.17, 15) is 8.78 Å². The summed E-state index contributed by atoms with van der Waals surface area (Å²) >= 11 is 0. The molecule has 1 atom stereocenters. The van der Waals surface area contributed by atoms with E-state index in [0.29, 0.717) is 6.54 Å². The molecule has 0 spiro atoms. The fourth-order valence-corrected chi connectivity index (χ4v) is 1.97. The van der Waals surface area contributed by atoms with Gasteiger partial charge in [0.25, 0.3) is 5.92 Å². The summed E-state index contributed by atoms with van der Waals surface area (Å²) in [6, 6.07) is 7.00. The molecular formula is C12H15F2NO. The molecule has 0 amide bonds. The molecule has 16 heavy (non-hydrogen) atoms. The van der Waals surface area contributed by atoms with E-state index < -0.39 is 5.92 Å². The first kappa shape index (κ1) is 11.3. The highest BCUT2D eigenvalue weighted by molar-refractivity contribution is 5.29. The van der Waals surface area contributed by atoms with Gasteiger partial charge in [-0.15, -0.1) is 0 Å². The summed E-state index contributed by atoms with van der Waals surface area (Å²) in [5, 5.41) is 3.11. The van der Waals surface area contributed by atoms with Crippen LogP contribution in [0.15, 0.2) is 24.3 Å². The zero-order valence-corrected chi connectivity index (χ0v) is 9.17. The SMILES string of the molecule is COc1ccc(C2CC(F)(F)CCN2)cc1. The second kappa shape index (κ2) is 4.37. The number of halogens is 2. The fraction of sp³-hybridized carbons (Fsp3) is 0.500. The molecule has 2 nitrogen and oxygen atoms in total. The predicted octanol–water partition coefficient (Wildman–Crippen LogP) is 2.76. The molecule has 88 valence electrons. The Bertz CT molecular complexity index is 351. The van der Waals surface area contributed by atoms with Crippen molar-refractivity contribution in [2.45, 2.75) is 24.8 Å². The normalized spacial score (nSPS) is 24.1. The van der Waals surface area contributed by atoms with Gasteiger partial charge in [-0.25, -0.2) is 8.78 Å². The molecule has 0 radical (unpaired) electrons. The van der Waals surface area contributed by atoms with Gasteiger partial charge in [0.05, 0.1) is 7.11 Å². The average Bonchev–Trinajstić information content (AvgIpc) is 2.28. The van der Waals surface area contributed by atoms with Crippen LogP contribution in [0.3, 0.4) is 0 Å². The third-order valence-electron chi connectivity index (χ3n) is 2.90. The third kappa shape index (κ3) is 2.50. The second-order valence-electron chi connectivity index (χ2n) is 4.09. The minimum Gasteiger partial charge on any atom is -0.497 e. The van der Waals surface area contributed by atoms with Crippen LogP contribution in [0.4, 0.5) is 8.78 Å². The fourth-order valence-electron chi connectivity index (χ4n) is 1.97. The third-order valence-corrected chi connectivity index (χ3v) is 2.90. The first-order valence-electron chi connectivity index (χ1n) is 5.36. The Hall–Kier alpha value is -1.16. The Kier molecular flexibility index (Phi) is 3.10. The van der Waals surface area contributed by atoms with Gasteiger partial charge < -0.3 is 10.1 Å². The summed E-state index contributed by atoms with van der Waals surface area (Å²) in [4.78, 5) is 0. The van der Waals surface area contributed by atoms with Gasteiger partial charge in [-0.2, -0.15) is 0 Å². The zero-order chi connectivity index (χ0) is 11.6. The summed E-state index contributed by atoms with van der Waals surface area (Å²) in [6.07, 6.45) is -0.195. The lowest BCUT2D eigenvalue weighted by Crippen LogP contribution is -2.38. The number of methoxy groups -OCH3 is 1. The number of nitrogens with one attached hydrogen (secondary N) is 1. The van der Waals surface area contributed by atoms with Gasteiger partial charge in [-0.3, -0.25) is 0 Å². The van der Waals surface area contributed by atoms with E-state index in [1.807, 2.05) is 12.1 Å². The van der Waals surface area contributed by atoms with Crippen LogP contribution in [0.1, 0.15) is 24.4 Å². The van der Waals surface area contributed by atoms with Gasteiger partial charge in [0.15, 0.2) is 0 Å². The van der Waals surface area contributed by atoms with Crippen molar-refractivity contribution in [2.75, 3.05) is 13.7 Å². The molecule has 0 saturated carbocycles. The molecule has 4 heteroatoms. The van der Waals surface area contributed by atoms with Crippen molar-refractivity contribution in [3.63, 3.8) is 0 Å². The van der Waals surface area contributed by atoms with Crippen LogP contribution in [0, 0.1) is 0 Å². The van der Waals surface area contributed by atoms with Gasteiger partial charge in [-0.05, 0) is 17.7 Å². The standard InChI is InChI=1S/C12H15F2NO/c1-16-10-4-2-9(3-5-10)11-8-12(13,14)6-7-15-11/h2-5,11,15H,6-8H2,1H3. The molecule has 1 aliphatic rings. The number of benzene rings is 1. The van der Waals surface area contributed by atoms with E-state index in [1.54, 1.807) is 19.2 Å². The molecule has 0 aliphatic carbocycles. The summed E-state index contributed by atoms with van der Waals surface area (Å²) in [6.45, 7) is 0.365. The first-order valence-corrected chi connectivity index (χ1v) is 5.36. The highest BCUT2D eigenvalue weighted by atomic mass is 19.3. The number of alkyl halides is 2. The minimum absolute atomic E-state index is 0.0698. The lowest BCUT2D eigenvalue weighted by atomic mass is 9.95. The Balaban J connectivity index is 2.11. The molecule has 0 bridgehead atoms. The van der Waals surface area contributed by atoms with Crippen LogP contribution < -0.4 is 10.1 Å². The number of hydrogen-bond acceptors (Lipinski definition) is 2. The van der Waals surface area contributed by atoms with Gasteiger partial charge in [-0.1, -0.05) is 12.1 Å². The second-order valence-corrected chi connectivity index (χ2v) is 4.09. The van der Waals surface area contributed by atoms with E-state index in [-0.39, 0.29) is 18.9 Å². The summed E-state index contributed by atoms with van der Waals surface area (Å²) < 4.78 is 31.5. The molecule has 1 heterocycles. The molecular weight excluding hydrogens is 212 g/mol. The van der Waals surface area contributed by atoms with Crippen molar-refractivity contribution in [2.24, 2.45) is 0 Å². The zero-order valence-electron chi connectivity index (χ0n) is 9.17. The van der Waals surface area contributed by atoms with E-state index in [4.69, 9.17) is 4.74 Å². The molecule has 2 rings (SSSR count). The lowest BCUT2D eigenvalue weighted by molar-refractivity contribution is -0.0415. The smallest absolute Gasteiger partial charge is 0.251 e. The van der Waals surface area contributed by atoms with Crippen molar-refractivity contribution in [3.8, 4) is 5.75 Å². The molecule has 1 unspecified atom stereocenters. The number of rotatable bonds is 2. The van der Waals surface area contributed by atoms with Crippen molar-refractivity contribution in [1.29, 1.82) is 0 Å². The molecule has 1 N–H and O–H groups in total. The molecule has 0 aromatic heterocycles. The van der Waals surface area contributed by atoms with Gasteiger partial charge >= 0.3 is 0 Å². The monoisotopic (exact) mass is 227 g/mol. The Morgan fingerprint density at radius 2 is 2.00 bits per heavy atom. The average molecular weight is 227 g/mol. The van der Waals surface area contributed by atoms with E-state index in [1.165, 1.54) is 0 Å².